The van der Waals surface area contributed by atoms with Gasteiger partial charge in [0.2, 0.25) is 6.41 Å². The van der Waals surface area contributed by atoms with Crippen LogP contribution in [0.25, 0.3) is 0 Å². The summed E-state index contributed by atoms with van der Waals surface area (Å²) in [4.78, 5) is 12.9. The van der Waals surface area contributed by atoms with Crippen LogP contribution in [0.1, 0.15) is 0 Å². The fourth-order valence-corrected chi connectivity index (χ4v) is 1.89. The van der Waals surface area contributed by atoms with Crippen LogP contribution < -0.4 is 0 Å². The highest BCUT2D eigenvalue weighted by Crippen LogP contribution is 2.32. The molecule has 4 heteroatoms. The van der Waals surface area contributed by atoms with Crippen molar-refractivity contribution in [3.63, 3.8) is 0 Å². The van der Waals surface area contributed by atoms with Crippen LogP contribution in [0.2, 0.25) is 0 Å². The molecule has 2 aliphatic heterocycles. The molecule has 58 valence electrons. The number of rotatable bonds is 1. The van der Waals surface area contributed by atoms with E-state index in [1.54, 1.807) is 24.2 Å². The summed E-state index contributed by atoms with van der Waals surface area (Å²) in [5.74, 6) is 0.688. The summed E-state index contributed by atoms with van der Waals surface area (Å²) in [5, 5.41) is 0. The summed E-state index contributed by atoms with van der Waals surface area (Å²) in [6.07, 6.45) is 6.27. The lowest BCUT2D eigenvalue weighted by atomic mass is 10.3. The van der Waals surface area contributed by atoms with E-state index in [0.29, 0.717) is 5.94 Å². The number of ether oxygens (including phenoxy) is 1. The number of hydrogen-bond acceptors (Lipinski definition) is 3. The molecule has 0 radical (unpaired) electrons. The van der Waals surface area contributed by atoms with Gasteiger partial charge in [0.25, 0.3) is 0 Å². The number of carbonyl (C=O) groups excluding carboxylic acids is 1. The lowest BCUT2D eigenvalue weighted by molar-refractivity contribution is -0.114. The van der Waals surface area contributed by atoms with Gasteiger partial charge < -0.3 is 4.74 Å². The van der Waals surface area contributed by atoms with Crippen LogP contribution in [-0.2, 0) is 9.53 Å². The van der Waals surface area contributed by atoms with Gasteiger partial charge in [-0.3, -0.25) is 9.69 Å². The topological polar surface area (TPSA) is 29.5 Å². The monoisotopic (exact) mass is 169 g/mol. The molecular formula is C7H7NO2S. The van der Waals surface area contributed by atoms with Crippen molar-refractivity contribution in [2.24, 2.45) is 0 Å². The van der Waals surface area contributed by atoms with E-state index in [0.717, 1.165) is 11.3 Å². The standard InChI is InChI=1S/C7H7NO2S/c9-4-8-2-1-6-7(3-8)11-5-10-6/h1-4,6H,5H2. The van der Waals surface area contributed by atoms with Crippen LogP contribution in [0.3, 0.4) is 0 Å². The third-order valence-corrected chi connectivity index (χ3v) is 2.51. The Labute approximate surface area is 68.7 Å². The predicted octanol–water partition coefficient (Wildman–Crippen LogP) is 0.903. The van der Waals surface area contributed by atoms with E-state index in [1.807, 2.05) is 6.08 Å². The minimum absolute atomic E-state index is 0.0937. The SMILES string of the molecule is O=CN1C=CC2OCSC2=C1. The highest BCUT2D eigenvalue weighted by atomic mass is 32.2. The molecule has 2 heterocycles. The molecule has 2 rings (SSSR count). The van der Waals surface area contributed by atoms with Crippen LogP contribution in [0.4, 0.5) is 0 Å². The first-order valence-corrected chi connectivity index (χ1v) is 4.26. The van der Waals surface area contributed by atoms with Gasteiger partial charge in [-0.1, -0.05) is 11.8 Å². The maximum atomic E-state index is 10.3. The van der Waals surface area contributed by atoms with Gasteiger partial charge in [0.05, 0.1) is 5.94 Å². The van der Waals surface area contributed by atoms with Gasteiger partial charge in [-0.2, -0.15) is 0 Å². The molecule has 1 fully saturated rings. The van der Waals surface area contributed by atoms with Crippen molar-refractivity contribution in [1.82, 2.24) is 4.90 Å². The molecular weight excluding hydrogens is 162 g/mol. The average molecular weight is 169 g/mol. The molecule has 1 amide bonds. The highest BCUT2D eigenvalue weighted by molar-refractivity contribution is 8.03. The third-order valence-electron chi connectivity index (χ3n) is 1.58. The van der Waals surface area contributed by atoms with Crippen LogP contribution in [-0.4, -0.2) is 23.4 Å². The van der Waals surface area contributed by atoms with E-state index in [1.165, 1.54) is 4.90 Å². The number of thioether (sulfide) groups is 1. The molecule has 0 aromatic heterocycles. The first kappa shape index (κ1) is 6.94. The Kier molecular flexibility index (Phi) is 1.71. The second kappa shape index (κ2) is 2.71. The summed E-state index contributed by atoms with van der Waals surface area (Å²) in [6, 6.07) is 0. The summed E-state index contributed by atoms with van der Waals surface area (Å²) in [7, 11) is 0. The quantitative estimate of drug-likeness (QED) is 0.546. The van der Waals surface area contributed by atoms with E-state index in [-0.39, 0.29) is 6.10 Å². The van der Waals surface area contributed by atoms with E-state index in [4.69, 9.17) is 4.74 Å². The molecule has 1 atom stereocenters. The first-order chi connectivity index (χ1) is 5.40. The summed E-state index contributed by atoms with van der Waals surface area (Å²) >= 11 is 1.63. The van der Waals surface area contributed by atoms with E-state index < -0.39 is 0 Å². The minimum Gasteiger partial charge on any atom is -0.358 e. The van der Waals surface area contributed by atoms with Crippen molar-refractivity contribution in [3.05, 3.63) is 23.4 Å². The van der Waals surface area contributed by atoms with Crippen LogP contribution in [0, 0.1) is 0 Å². The van der Waals surface area contributed by atoms with Crippen molar-refractivity contribution in [1.29, 1.82) is 0 Å². The number of hydrogen-bond donors (Lipinski definition) is 0. The molecule has 0 bridgehead atoms. The number of amides is 1. The molecule has 3 nitrogen and oxygen atoms in total. The Bertz CT molecular complexity index is 237. The number of carbonyl (C=O) groups is 1. The van der Waals surface area contributed by atoms with E-state index in [9.17, 15) is 4.79 Å². The van der Waals surface area contributed by atoms with E-state index in [2.05, 4.69) is 0 Å². The molecule has 1 saturated heterocycles. The van der Waals surface area contributed by atoms with Gasteiger partial charge in [0.1, 0.15) is 6.10 Å². The summed E-state index contributed by atoms with van der Waals surface area (Å²) < 4.78 is 5.31. The van der Waals surface area contributed by atoms with Crippen molar-refractivity contribution in [2.45, 2.75) is 6.10 Å². The zero-order valence-corrected chi connectivity index (χ0v) is 6.58. The predicted molar refractivity (Wildman–Crippen MR) is 42.5 cm³/mol. The maximum absolute atomic E-state index is 10.3. The van der Waals surface area contributed by atoms with Crippen molar-refractivity contribution >= 4 is 18.2 Å². The Balaban J connectivity index is 2.21. The van der Waals surface area contributed by atoms with Gasteiger partial charge in [0, 0.05) is 17.3 Å². The third kappa shape index (κ3) is 1.19. The van der Waals surface area contributed by atoms with Gasteiger partial charge in [-0.05, 0) is 6.08 Å². The Morgan fingerprint density at radius 2 is 2.73 bits per heavy atom. The highest BCUT2D eigenvalue weighted by Gasteiger charge is 2.23. The fraction of sp³-hybridized carbons (Fsp3) is 0.286. The van der Waals surface area contributed by atoms with Crippen LogP contribution in [0.15, 0.2) is 23.4 Å². The Morgan fingerprint density at radius 1 is 1.82 bits per heavy atom. The Hall–Kier alpha value is -0.740. The van der Waals surface area contributed by atoms with Crippen LogP contribution in [0.5, 0.6) is 0 Å². The molecule has 2 aliphatic rings. The summed E-state index contributed by atoms with van der Waals surface area (Å²) in [5.41, 5.74) is 0. The normalized spacial score (nSPS) is 28.2. The molecule has 0 aliphatic carbocycles. The van der Waals surface area contributed by atoms with Gasteiger partial charge >= 0.3 is 0 Å². The van der Waals surface area contributed by atoms with Crippen molar-refractivity contribution in [3.8, 4) is 0 Å². The Morgan fingerprint density at radius 3 is 3.55 bits per heavy atom. The van der Waals surface area contributed by atoms with Gasteiger partial charge in [-0.15, -0.1) is 0 Å². The van der Waals surface area contributed by atoms with Crippen molar-refractivity contribution < 1.29 is 9.53 Å². The first-order valence-electron chi connectivity index (χ1n) is 3.27. The molecule has 11 heavy (non-hydrogen) atoms. The number of nitrogens with zero attached hydrogens (tertiary/aromatic N) is 1. The van der Waals surface area contributed by atoms with E-state index >= 15 is 0 Å². The smallest absolute Gasteiger partial charge is 0.217 e. The molecule has 0 N–H and O–H groups in total. The molecule has 0 aromatic carbocycles. The van der Waals surface area contributed by atoms with Crippen molar-refractivity contribution in [2.75, 3.05) is 5.94 Å². The maximum Gasteiger partial charge on any atom is 0.217 e. The largest absolute Gasteiger partial charge is 0.358 e. The summed E-state index contributed by atoms with van der Waals surface area (Å²) in [6.45, 7) is 0. The zero-order chi connectivity index (χ0) is 7.68. The number of fused-ring (bicyclic) bond motifs is 1. The van der Waals surface area contributed by atoms with Gasteiger partial charge in [0.15, 0.2) is 0 Å². The minimum atomic E-state index is 0.0937. The lowest BCUT2D eigenvalue weighted by Crippen LogP contribution is -2.16. The fourth-order valence-electron chi connectivity index (χ4n) is 1.03. The zero-order valence-electron chi connectivity index (χ0n) is 5.77. The molecule has 1 unspecified atom stereocenters. The average Bonchev–Trinajstić information content (AvgIpc) is 2.50. The lowest BCUT2D eigenvalue weighted by Gasteiger charge is -2.15. The van der Waals surface area contributed by atoms with Crippen LogP contribution >= 0.6 is 11.8 Å². The molecule has 0 saturated carbocycles. The molecule has 0 aromatic rings. The van der Waals surface area contributed by atoms with Gasteiger partial charge in [-0.25, -0.2) is 0 Å². The second-order valence-electron chi connectivity index (χ2n) is 2.28. The second-order valence-corrected chi connectivity index (χ2v) is 3.27. The molecule has 0 spiro atoms.